The predicted molar refractivity (Wildman–Crippen MR) is 128 cm³/mol. The number of ether oxygens (including phenoxy) is 1. The lowest BCUT2D eigenvalue weighted by atomic mass is 9.97. The summed E-state index contributed by atoms with van der Waals surface area (Å²) >= 11 is 9.42. The van der Waals surface area contributed by atoms with E-state index in [4.69, 9.17) is 20.8 Å². The van der Waals surface area contributed by atoms with Crippen LogP contribution < -0.4 is 10.2 Å². The number of halogens is 3. The SMILES string of the molecule is COc1cc(C2c3c(oc4ccc(Cl)cc4c3=O)C(=O)N2Cc2ccc(F)cc2)cc(Br)c1O. The highest BCUT2D eigenvalue weighted by molar-refractivity contribution is 9.10. The number of rotatable bonds is 4. The van der Waals surface area contributed by atoms with E-state index in [1.54, 1.807) is 36.4 Å². The van der Waals surface area contributed by atoms with E-state index in [-0.39, 0.29) is 45.8 Å². The van der Waals surface area contributed by atoms with Crippen LogP contribution in [0.25, 0.3) is 11.0 Å². The van der Waals surface area contributed by atoms with E-state index in [1.165, 1.54) is 30.2 Å². The Bertz CT molecular complexity index is 1520. The summed E-state index contributed by atoms with van der Waals surface area (Å²) in [5.74, 6) is -0.904. The van der Waals surface area contributed by atoms with Gasteiger partial charge in [0.05, 0.1) is 28.6 Å². The van der Waals surface area contributed by atoms with Gasteiger partial charge in [-0.2, -0.15) is 0 Å². The first-order chi connectivity index (χ1) is 16.3. The molecule has 4 aromatic rings. The van der Waals surface area contributed by atoms with Gasteiger partial charge in [-0.3, -0.25) is 9.59 Å². The highest BCUT2D eigenvalue weighted by Crippen LogP contribution is 2.44. The van der Waals surface area contributed by atoms with Gasteiger partial charge >= 0.3 is 0 Å². The summed E-state index contributed by atoms with van der Waals surface area (Å²) in [6, 6.07) is 12.7. The summed E-state index contributed by atoms with van der Waals surface area (Å²) in [7, 11) is 1.40. The monoisotopic (exact) mass is 543 g/mol. The summed E-state index contributed by atoms with van der Waals surface area (Å²) < 4.78 is 25.0. The van der Waals surface area contributed by atoms with Crippen LogP contribution in [0.3, 0.4) is 0 Å². The third kappa shape index (κ3) is 3.63. The molecule has 34 heavy (non-hydrogen) atoms. The van der Waals surface area contributed by atoms with Gasteiger partial charge in [-0.1, -0.05) is 23.7 Å². The number of phenolic OH excluding ortho intramolecular Hbond substituents is 1. The predicted octanol–water partition coefficient (Wildman–Crippen LogP) is 5.81. The topological polar surface area (TPSA) is 80.0 Å². The number of phenols is 1. The number of aromatic hydroxyl groups is 1. The Morgan fingerprint density at radius 2 is 1.88 bits per heavy atom. The van der Waals surface area contributed by atoms with Crippen molar-refractivity contribution in [3.05, 3.63) is 103 Å². The Morgan fingerprint density at radius 1 is 1.15 bits per heavy atom. The summed E-state index contributed by atoms with van der Waals surface area (Å²) in [6.45, 7) is 0.0886. The zero-order valence-electron chi connectivity index (χ0n) is 17.6. The number of fused-ring (bicyclic) bond motifs is 2. The lowest BCUT2D eigenvalue weighted by Crippen LogP contribution is -2.29. The van der Waals surface area contributed by atoms with Gasteiger partial charge in [-0.15, -0.1) is 0 Å². The molecular weight excluding hydrogens is 529 g/mol. The lowest BCUT2D eigenvalue weighted by molar-refractivity contribution is 0.0714. The maximum absolute atomic E-state index is 13.6. The minimum Gasteiger partial charge on any atom is -0.503 e. The normalized spacial score (nSPS) is 15.1. The van der Waals surface area contributed by atoms with E-state index in [2.05, 4.69) is 15.9 Å². The number of carbonyl (C=O) groups is 1. The third-order valence-electron chi connectivity index (χ3n) is 5.78. The molecule has 1 aliphatic heterocycles. The minimum atomic E-state index is -0.849. The second-order valence-corrected chi connectivity index (χ2v) is 9.12. The smallest absolute Gasteiger partial charge is 0.291 e. The average molecular weight is 545 g/mol. The van der Waals surface area contributed by atoms with Crippen molar-refractivity contribution >= 4 is 44.4 Å². The molecule has 5 rings (SSSR count). The fraction of sp³-hybridized carbons (Fsp3) is 0.120. The van der Waals surface area contributed by atoms with Crippen molar-refractivity contribution in [3.63, 3.8) is 0 Å². The van der Waals surface area contributed by atoms with Crippen LogP contribution in [-0.4, -0.2) is 23.0 Å². The maximum Gasteiger partial charge on any atom is 0.291 e. The van der Waals surface area contributed by atoms with Gasteiger partial charge in [0.2, 0.25) is 5.76 Å². The van der Waals surface area contributed by atoms with Gasteiger partial charge in [0.15, 0.2) is 16.9 Å². The summed E-state index contributed by atoms with van der Waals surface area (Å²) in [4.78, 5) is 28.6. The largest absolute Gasteiger partial charge is 0.503 e. The van der Waals surface area contributed by atoms with Crippen molar-refractivity contribution in [2.45, 2.75) is 12.6 Å². The number of hydrogen-bond donors (Lipinski definition) is 1. The van der Waals surface area contributed by atoms with Crippen LogP contribution in [0.2, 0.25) is 5.02 Å². The van der Waals surface area contributed by atoms with Crippen LogP contribution >= 0.6 is 27.5 Å². The molecule has 2 heterocycles. The molecule has 0 fully saturated rings. The molecule has 1 atom stereocenters. The van der Waals surface area contributed by atoms with Crippen molar-refractivity contribution in [3.8, 4) is 11.5 Å². The average Bonchev–Trinajstić information content (AvgIpc) is 3.09. The highest BCUT2D eigenvalue weighted by Gasteiger charge is 2.43. The van der Waals surface area contributed by atoms with E-state index in [0.717, 1.165) is 0 Å². The van der Waals surface area contributed by atoms with Crippen LogP contribution in [0.15, 0.2) is 68.3 Å². The molecule has 0 spiro atoms. The first-order valence-corrected chi connectivity index (χ1v) is 11.3. The molecule has 1 amide bonds. The van der Waals surface area contributed by atoms with Gasteiger partial charge in [-0.25, -0.2) is 4.39 Å². The van der Waals surface area contributed by atoms with Gasteiger partial charge in [0.1, 0.15) is 11.4 Å². The first kappa shape index (κ1) is 22.4. The molecule has 1 unspecified atom stereocenters. The van der Waals surface area contributed by atoms with Crippen LogP contribution in [0.4, 0.5) is 4.39 Å². The van der Waals surface area contributed by atoms with E-state index in [1.807, 2.05) is 0 Å². The number of carbonyl (C=O) groups excluding carboxylic acids is 1. The fourth-order valence-corrected chi connectivity index (χ4v) is 4.83. The standard InChI is InChI=1S/C25H16BrClFNO5/c1-33-19-9-13(8-17(26)23(19)31)21-20-22(30)16-10-14(27)4-7-18(16)34-24(20)25(32)29(21)11-12-2-5-15(28)6-3-12/h2-10,21,31H,11H2,1H3. The molecule has 0 saturated carbocycles. The molecular formula is C25H16BrClFNO5. The molecule has 1 aliphatic rings. The zero-order chi connectivity index (χ0) is 24.1. The molecule has 0 bridgehead atoms. The first-order valence-electron chi connectivity index (χ1n) is 10.2. The van der Waals surface area contributed by atoms with Crippen molar-refractivity contribution in [1.29, 1.82) is 0 Å². The molecule has 1 N–H and O–H groups in total. The molecule has 172 valence electrons. The van der Waals surface area contributed by atoms with Crippen molar-refractivity contribution < 1.29 is 23.4 Å². The second kappa shape index (κ2) is 8.45. The van der Waals surface area contributed by atoms with E-state index >= 15 is 0 Å². The van der Waals surface area contributed by atoms with Gasteiger partial charge < -0.3 is 19.2 Å². The van der Waals surface area contributed by atoms with Crippen molar-refractivity contribution in [2.75, 3.05) is 7.11 Å². The Kier molecular flexibility index (Phi) is 5.58. The van der Waals surface area contributed by atoms with Gasteiger partial charge in [0.25, 0.3) is 5.91 Å². The summed E-state index contributed by atoms with van der Waals surface area (Å²) in [5.41, 5.74) is 1.19. The minimum absolute atomic E-state index is 0.0740. The van der Waals surface area contributed by atoms with E-state index < -0.39 is 17.8 Å². The van der Waals surface area contributed by atoms with E-state index in [9.17, 15) is 19.1 Å². The Balaban J connectivity index is 1.76. The Hall–Kier alpha value is -3.36. The quantitative estimate of drug-likeness (QED) is 0.351. The molecule has 1 aromatic heterocycles. The molecule has 0 saturated heterocycles. The number of amides is 1. The van der Waals surface area contributed by atoms with Crippen molar-refractivity contribution in [1.82, 2.24) is 4.90 Å². The van der Waals surface area contributed by atoms with Crippen LogP contribution in [0.5, 0.6) is 11.5 Å². The zero-order valence-corrected chi connectivity index (χ0v) is 20.0. The Labute approximate surface area is 206 Å². The fourth-order valence-electron chi connectivity index (χ4n) is 4.20. The number of nitrogens with zero attached hydrogens (tertiary/aromatic N) is 1. The lowest BCUT2D eigenvalue weighted by Gasteiger charge is -2.26. The second-order valence-electron chi connectivity index (χ2n) is 7.83. The summed E-state index contributed by atoms with van der Waals surface area (Å²) in [5, 5.41) is 10.9. The maximum atomic E-state index is 13.6. The number of benzene rings is 3. The van der Waals surface area contributed by atoms with Gasteiger partial charge in [-0.05, 0) is 69.5 Å². The molecule has 9 heteroatoms. The Morgan fingerprint density at radius 3 is 2.59 bits per heavy atom. The summed E-state index contributed by atoms with van der Waals surface area (Å²) in [6.07, 6.45) is 0. The van der Waals surface area contributed by atoms with Crippen molar-refractivity contribution in [2.24, 2.45) is 0 Å². The number of methoxy groups -OCH3 is 1. The van der Waals surface area contributed by atoms with Crippen LogP contribution in [-0.2, 0) is 6.54 Å². The van der Waals surface area contributed by atoms with Crippen LogP contribution in [0, 0.1) is 5.82 Å². The highest BCUT2D eigenvalue weighted by atomic mass is 79.9. The molecule has 3 aromatic carbocycles. The molecule has 0 aliphatic carbocycles. The van der Waals surface area contributed by atoms with Gasteiger partial charge in [0, 0.05) is 11.6 Å². The van der Waals surface area contributed by atoms with Crippen LogP contribution in [0.1, 0.15) is 33.3 Å². The number of hydrogen-bond acceptors (Lipinski definition) is 5. The molecule has 6 nitrogen and oxygen atoms in total. The van der Waals surface area contributed by atoms with E-state index in [0.29, 0.717) is 20.6 Å². The molecule has 0 radical (unpaired) electrons. The third-order valence-corrected chi connectivity index (χ3v) is 6.62.